The molecule has 0 aliphatic heterocycles. The van der Waals surface area contributed by atoms with Crippen LogP contribution in [0.3, 0.4) is 0 Å². The molecule has 2 aromatic heterocycles. The van der Waals surface area contributed by atoms with Gasteiger partial charge in [0.2, 0.25) is 0 Å². The van der Waals surface area contributed by atoms with Crippen LogP contribution in [0.4, 0.5) is 0 Å². The molecule has 0 saturated heterocycles. The van der Waals surface area contributed by atoms with Crippen LogP contribution in [-0.4, -0.2) is 37.7 Å². The number of aliphatic hydroxyl groups is 2. The average molecular weight is 364 g/mol. The Morgan fingerprint density at radius 2 is 2.04 bits per heavy atom. The molecule has 4 rings (SSSR count). The Bertz CT molecular complexity index is 955. The fourth-order valence-electron chi connectivity index (χ4n) is 3.59. The average Bonchev–Trinajstić information content (AvgIpc) is 3.31. The van der Waals surface area contributed by atoms with Crippen molar-refractivity contribution in [3.8, 4) is 22.4 Å². The first kappa shape index (κ1) is 17.5. The second-order valence-corrected chi connectivity index (χ2v) is 6.76. The van der Waals surface area contributed by atoms with E-state index in [4.69, 9.17) is 5.11 Å². The van der Waals surface area contributed by atoms with Crippen LogP contribution in [0.15, 0.2) is 54.1 Å². The summed E-state index contributed by atoms with van der Waals surface area (Å²) in [6.07, 6.45) is 6.01. The van der Waals surface area contributed by atoms with Gasteiger partial charge in [-0.2, -0.15) is 10.0 Å². The first-order valence-corrected chi connectivity index (χ1v) is 8.92. The summed E-state index contributed by atoms with van der Waals surface area (Å²) in [4.78, 5) is 15.0. The van der Waals surface area contributed by atoms with Gasteiger partial charge >= 0.3 is 0 Å². The molecule has 7 heteroatoms. The van der Waals surface area contributed by atoms with Gasteiger partial charge in [0.15, 0.2) is 0 Å². The number of nitroso groups, excluding NO2 is 1. The quantitative estimate of drug-likeness (QED) is 0.655. The fraction of sp³-hybridized carbons (Fsp3) is 0.300. The highest BCUT2D eigenvalue weighted by atomic mass is 16.3. The number of pyridine rings is 1. The molecule has 2 N–H and O–H groups in total. The molecule has 7 nitrogen and oxygen atoms in total. The molecule has 2 unspecified atom stereocenters. The summed E-state index contributed by atoms with van der Waals surface area (Å²) in [5, 5.41) is 26.7. The normalized spacial score (nSPS) is 16.9. The molecule has 2 atom stereocenters. The third-order valence-electron chi connectivity index (χ3n) is 4.95. The van der Waals surface area contributed by atoms with E-state index < -0.39 is 6.10 Å². The molecule has 0 bridgehead atoms. The Labute approximate surface area is 156 Å². The highest BCUT2D eigenvalue weighted by molar-refractivity contribution is 5.80. The predicted molar refractivity (Wildman–Crippen MR) is 101 cm³/mol. The highest BCUT2D eigenvalue weighted by Crippen LogP contribution is 2.38. The van der Waals surface area contributed by atoms with Crippen molar-refractivity contribution in [3.05, 3.63) is 65.0 Å². The Balaban J connectivity index is 1.78. The maximum atomic E-state index is 11.0. The molecular weight excluding hydrogens is 344 g/mol. The molecule has 0 radical (unpaired) electrons. The second-order valence-electron chi connectivity index (χ2n) is 6.76. The van der Waals surface area contributed by atoms with Crippen LogP contribution >= 0.6 is 0 Å². The van der Waals surface area contributed by atoms with Crippen molar-refractivity contribution in [1.29, 1.82) is 0 Å². The number of aliphatic hydroxyl groups excluding tert-OH is 2. The van der Waals surface area contributed by atoms with Crippen molar-refractivity contribution in [3.63, 3.8) is 0 Å². The summed E-state index contributed by atoms with van der Waals surface area (Å²) in [5.41, 5.74) is 5.77. The lowest BCUT2D eigenvalue weighted by Crippen LogP contribution is -2.20. The standard InChI is InChI=1S/C20H20N4O3/c25-12-16(26)10-24-11-18(20(22-24)13-5-7-21-8-6-13)15-1-3-17-14(9-15)2-4-19(17)23-27/h1,3,5-9,11,16,19,25-26H,2,4,10,12H2. The maximum Gasteiger partial charge on any atom is 0.117 e. The molecule has 2 heterocycles. The first-order valence-electron chi connectivity index (χ1n) is 8.92. The van der Waals surface area contributed by atoms with Crippen molar-refractivity contribution in [2.24, 2.45) is 5.18 Å². The number of hydrogen-bond donors (Lipinski definition) is 2. The van der Waals surface area contributed by atoms with E-state index in [2.05, 4.69) is 21.3 Å². The fourth-order valence-corrected chi connectivity index (χ4v) is 3.59. The van der Waals surface area contributed by atoms with Gasteiger partial charge in [-0.1, -0.05) is 23.4 Å². The minimum Gasteiger partial charge on any atom is -0.394 e. The van der Waals surface area contributed by atoms with Crippen LogP contribution in [-0.2, 0) is 13.0 Å². The van der Waals surface area contributed by atoms with E-state index >= 15 is 0 Å². The number of nitrogens with zero attached hydrogens (tertiary/aromatic N) is 4. The Morgan fingerprint density at radius 3 is 2.78 bits per heavy atom. The van der Waals surface area contributed by atoms with Gasteiger partial charge < -0.3 is 10.2 Å². The van der Waals surface area contributed by atoms with E-state index in [1.807, 2.05) is 30.5 Å². The van der Waals surface area contributed by atoms with E-state index in [0.717, 1.165) is 46.4 Å². The zero-order chi connectivity index (χ0) is 18.8. The number of benzene rings is 1. The van der Waals surface area contributed by atoms with Crippen LogP contribution in [0, 0.1) is 4.91 Å². The highest BCUT2D eigenvalue weighted by Gasteiger charge is 2.24. The van der Waals surface area contributed by atoms with Crippen LogP contribution in [0.5, 0.6) is 0 Å². The summed E-state index contributed by atoms with van der Waals surface area (Å²) >= 11 is 0. The van der Waals surface area contributed by atoms with E-state index in [1.165, 1.54) is 0 Å². The smallest absolute Gasteiger partial charge is 0.117 e. The SMILES string of the molecule is O=NC1CCc2cc(-c3cn(CC(O)CO)nc3-c3ccncc3)ccc21. The number of hydrogen-bond acceptors (Lipinski definition) is 6. The Morgan fingerprint density at radius 1 is 1.22 bits per heavy atom. The van der Waals surface area contributed by atoms with Crippen molar-refractivity contribution in [1.82, 2.24) is 14.8 Å². The van der Waals surface area contributed by atoms with Crippen molar-refractivity contribution < 1.29 is 10.2 Å². The van der Waals surface area contributed by atoms with Crippen molar-refractivity contribution in [2.75, 3.05) is 6.61 Å². The summed E-state index contributed by atoms with van der Waals surface area (Å²) in [5.74, 6) is 0. The van der Waals surface area contributed by atoms with E-state index in [1.54, 1.807) is 17.1 Å². The molecule has 0 amide bonds. The Kier molecular flexibility index (Phi) is 4.79. The molecular formula is C20H20N4O3. The van der Waals surface area contributed by atoms with E-state index in [0.29, 0.717) is 0 Å². The lowest BCUT2D eigenvalue weighted by Gasteiger charge is -2.07. The molecule has 1 aliphatic rings. The molecule has 0 spiro atoms. The van der Waals surface area contributed by atoms with Gasteiger partial charge in [0.1, 0.15) is 11.7 Å². The molecule has 1 aliphatic carbocycles. The van der Waals surface area contributed by atoms with Crippen LogP contribution in [0.25, 0.3) is 22.4 Å². The second kappa shape index (κ2) is 7.38. The van der Waals surface area contributed by atoms with Crippen LogP contribution in [0.1, 0.15) is 23.6 Å². The largest absolute Gasteiger partial charge is 0.394 e. The predicted octanol–water partition coefficient (Wildman–Crippen LogP) is 2.72. The lowest BCUT2D eigenvalue weighted by molar-refractivity contribution is 0.0783. The summed E-state index contributed by atoms with van der Waals surface area (Å²) in [6.45, 7) is -0.116. The van der Waals surface area contributed by atoms with E-state index in [-0.39, 0.29) is 19.2 Å². The maximum absolute atomic E-state index is 11.0. The zero-order valence-electron chi connectivity index (χ0n) is 14.7. The topological polar surface area (TPSA) is 101 Å². The van der Waals surface area contributed by atoms with E-state index in [9.17, 15) is 10.0 Å². The minimum atomic E-state index is -0.873. The monoisotopic (exact) mass is 364 g/mol. The first-order chi connectivity index (χ1) is 13.2. The Hall–Kier alpha value is -2.90. The number of fused-ring (bicyclic) bond motifs is 1. The minimum absolute atomic E-state index is 0.205. The number of rotatable bonds is 6. The molecule has 27 heavy (non-hydrogen) atoms. The molecule has 138 valence electrons. The summed E-state index contributed by atoms with van der Waals surface area (Å²) in [7, 11) is 0. The summed E-state index contributed by atoms with van der Waals surface area (Å²) in [6, 6.07) is 9.57. The van der Waals surface area contributed by atoms with Crippen LogP contribution in [0.2, 0.25) is 0 Å². The zero-order valence-corrected chi connectivity index (χ0v) is 14.7. The van der Waals surface area contributed by atoms with Gasteiger partial charge in [-0.05, 0) is 41.7 Å². The third-order valence-corrected chi connectivity index (χ3v) is 4.95. The molecule has 0 fully saturated rings. The van der Waals surface area contributed by atoms with Gasteiger partial charge in [0, 0.05) is 29.7 Å². The number of aromatic nitrogens is 3. The molecule has 3 aromatic rings. The van der Waals surface area contributed by atoms with Gasteiger partial charge in [0.25, 0.3) is 0 Å². The van der Waals surface area contributed by atoms with Crippen LogP contribution < -0.4 is 0 Å². The lowest BCUT2D eigenvalue weighted by atomic mass is 9.98. The third kappa shape index (κ3) is 3.39. The summed E-state index contributed by atoms with van der Waals surface area (Å²) < 4.78 is 1.65. The number of aryl methyl sites for hydroxylation is 1. The van der Waals surface area contributed by atoms with Gasteiger partial charge in [-0.15, -0.1) is 0 Å². The van der Waals surface area contributed by atoms with Gasteiger partial charge in [-0.25, -0.2) is 0 Å². The van der Waals surface area contributed by atoms with Gasteiger partial charge in [-0.3, -0.25) is 9.67 Å². The van der Waals surface area contributed by atoms with Crippen molar-refractivity contribution >= 4 is 0 Å². The molecule has 1 aromatic carbocycles. The van der Waals surface area contributed by atoms with Crippen molar-refractivity contribution in [2.45, 2.75) is 31.5 Å². The van der Waals surface area contributed by atoms with Gasteiger partial charge in [0.05, 0.1) is 19.3 Å². The molecule has 0 saturated carbocycles.